The lowest BCUT2D eigenvalue weighted by Crippen LogP contribution is -2.40. The lowest BCUT2D eigenvalue weighted by molar-refractivity contribution is -0.121. The number of carbonyl (C=O) groups excluding carboxylic acids is 1. The molecule has 1 aliphatic rings. The predicted octanol–water partition coefficient (Wildman–Crippen LogP) is 2.21. The Kier molecular flexibility index (Phi) is 6.39. The maximum Gasteiger partial charge on any atom is 0.222 e. The van der Waals surface area contributed by atoms with Crippen LogP contribution >= 0.6 is 0 Å². The zero-order valence-electron chi connectivity index (χ0n) is 14.4. The van der Waals surface area contributed by atoms with E-state index in [1.807, 2.05) is 12.1 Å². The molecule has 3 rings (SSSR count). The Morgan fingerprint density at radius 2 is 2.00 bits per heavy atom. The van der Waals surface area contributed by atoms with E-state index >= 15 is 0 Å². The first kappa shape index (κ1) is 17.4. The third-order valence-corrected chi connectivity index (χ3v) is 4.40. The molecule has 0 bridgehead atoms. The Hall–Kier alpha value is -2.41. The summed E-state index contributed by atoms with van der Waals surface area (Å²) in [6, 6.07) is 5.75. The van der Waals surface area contributed by atoms with Crippen LogP contribution in [0.5, 0.6) is 0 Å². The van der Waals surface area contributed by atoms with Crippen LogP contribution in [-0.4, -0.2) is 47.0 Å². The minimum Gasteiger partial charge on any atom is -0.468 e. The number of anilines is 1. The molecule has 134 valence electrons. The summed E-state index contributed by atoms with van der Waals surface area (Å²) < 4.78 is 5.60. The SMILES string of the molecule is O=C(CCNc1ncccn1)NC[C@@H](c1ccco1)N1CCCCC1. The van der Waals surface area contributed by atoms with Crippen molar-refractivity contribution >= 4 is 11.9 Å². The van der Waals surface area contributed by atoms with Crippen LogP contribution in [0.1, 0.15) is 37.5 Å². The summed E-state index contributed by atoms with van der Waals surface area (Å²) in [6.45, 7) is 3.17. The number of likely N-dealkylation sites (tertiary alicyclic amines) is 1. The number of rotatable bonds is 8. The monoisotopic (exact) mass is 343 g/mol. The van der Waals surface area contributed by atoms with Crippen molar-refractivity contribution in [2.75, 3.05) is 31.5 Å². The fourth-order valence-corrected chi connectivity index (χ4v) is 3.10. The molecule has 0 aliphatic carbocycles. The largest absolute Gasteiger partial charge is 0.468 e. The van der Waals surface area contributed by atoms with Gasteiger partial charge >= 0.3 is 0 Å². The molecule has 2 aromatic heterocycles. The average Bonchev–Trinajstić information content (AvgIpc) is 3.18. The van der Waals surface area contributed by atoms with Crippen molar-refractivity contribution in [2.45, 2.75) is 31.7 Å². The molecule has 0 aromatic carbocycles. The third-order valence-electron chi connectivity index (χ3n) is 4.40. The fourth-order valence-electron chi connectivity index (χ4n) is 3.10. The normalized spacial score (nSPS) is 16.3. The molecule has 2 aromatic rings. The highest BCUT2D eigenvalue weighted by Crippen LogP contribution is 2.24. The van der Waals surface area contributed by atoms with Gasteiger partial charge in [-0.2, -0.15) is 0 Å². The number of nitrogens with zero attached hydrogens (tertiary/aromatic N) is 3. The van der Waals surface area contributed by atoms with Crippen LogP contribution in [0.2, 0.25) is 0 Å². The van der Waals surface area contributed by atoms with E-state index in [-0.39, 0.29) is 11.9 Å². The van der Waals surface area contributed by atoms with E-state index in [9.17, 15) is 4.79 Å². The topological polar surface area (TPSA) is 83.3 Å². The second-order valence-electron chi connectivity index (χ2n) is 6.18. The minimum absolute atomic E-state index is 0.0111. The Morgan fingerprint density at radius 3 is 2.72 bits per heavy atom. The Bertz CT molecular complexity index is 626. The number of furan rings is 1. The van der Waals surface area contributed by atoms with Crippen molar-refractivity contribution in [1.82, 2.24) is 20.2 Å². The molecule has 1 saturated heterocycles. The van der Waals surface area contributed by atoms with Gasteiger partial charge in [0, 0.05) is 31.9 Å². The fraction of sp³-hybridized carbons (Fsp3) is 0.500. The summed E-state index contributed by atoms with van der Waals surface area (Å²) in [6.07, 6.45) is 9.09. The molecule has 3 heterocycles. The summed E-state index contributed by atoms with van der Waals surface area (Å²) in [4.78, 5) is 22.7. The Morgan fingerprint density at radius 1 is 1.20 bits per heavy atom. The summed E-state index contributed by atoms with van der Waals surface area (Å²) in [5.74, 6) is 1.46. The van der Waals surface area contributed by atoms with Crippen LogP contribution in [0.25, 0.3) is 0 Å². The molecule has 1 aliphatic heterocycles. The van der Waals surface area contributed by atoms with E-state index in [4.69, 9.17) is 4.42 Å². The van der Waals surface area contributed by atoms with Gasteiger partial charge in [-0.15, -0.1) is 0 Å². The first-order valence-corrected chi connectivity index (χ1v) is 8.88. The quantitative estimate of drug-likeness (QED) is 0.765. The maximum absolute atomic E-state index is 12.1. The number of hydrogen-bond acceptors (Lipinski definition) is 6. The lowest BCUT2D eigenvalue weighted by Gasteiger charge is -2.33. The van der Waals surface area contributed by atoms with Crippen molar-refractivity contribution in [3.8, 4) is 0 Å². The summed E-state index contributed by atoms with van der Waals surface area (Å²) in [5, 5.41) is 6.08. The minimum atomic E-state index is 0.0111. The molecule has 1 atom stereocenters. The van der Waals surface area contributed by atoms with Crippen LogP contribution in [0.15, 0.2) is 41.3 Å². The number of carbonyl (C=O) groups is 1. The molecule has 7 nitrogen and oxygen atoms in total. The van der Waals surface area contributed by atoms with E-state index in [0.29, 0.717) is 25.5 Å². The predicted molar refractivity (Wildman–Crippen MR) is 95.0 cm³/mol. The summed E-state index contributed by atoms with van der Waals surface area (Å²) >= 11 is 0. The van der Waals surface area contributed by atoms with Crippen molar-refractivity contribution < 1.29 is 9.21 Å². The van der Waals surface area contributed by atoms with Crippen LogP contribution < -0.4 is 10.6 Å². The molecular weight excluding hydrogens is 318 g/mol. The van der Waals surface area contributed by atoms with Crippen LogP contribution in [0, 0.1) is 0 Å². The molecule has 7 heteroatoms. The second-order valence-corrected chi connectivity index (χ2v) is 6.18. The highest BCUT2D eigenvalue weighted by atomic mass is 16.3. The first-order chi connectivity index (χ1) is 12.3. The molecule has 0 unspecified atom stereocenters. The number of hydrogen-bond donors (Lipinski definition) is 2. The highest BCUT2D eigenvalue weighted by molar-refractivity contribution is 5.76. The number of amides is 1. The van der Waals surface area contributed by atoms with Gasteiger partial charge in [0.05, 0.1) is 12.3 Å². The zero-order valence-corrected chi connectivity index (χ0v) is 14.4. The van der Waals surface area contributed by atoms with Gasteiger partial charge in [0.25, 0.3) is 0 Å². The third kappa shape index (κ3) is 5.29. The van der Waals surface area contributed by atoms with Crippen molar-refractivity contribution in [3.05, 3.63) is 42.6 Å². The second kappa shape index (κ2) is 9.17. The molecule has 1 fully saturated rings. The first-order valence-electron chi connectivity index (χ1n) is 8.88. The molecule has 0 spiro atoms. The van der Waals surface area contributed by atoms with Crippen LogP contribution in [0.3, 0.4) is 0 Å². The van der Waals surface area contributed by atoms with Crippen molar-refractivity contribution in [2.24, 2.45) is 0 Å². The van der Waals surface area contributed by atoms with Crippen molar-refractivity contribution in [3.63, 3.8) is 0 Å². The maximum atomic E-state index is 12.1. The van der Waals surface area contributed by atoms with E-state index in [1.165, 1.54) is 19.3 Å². The van der Waals surface area contributed by atoms with Crippen LogP contribution in [-0.2, 0) is 4.79 Å². The molecule has 0 saturated carbocycles. The van der Waals surface area contributed by atoms with E-state index in [1.54, 1.807) is 24.7 Å². The van der Waals surface area contributed by atoms with E-state index in [0.717, 1.165) is 18.8 Å². The van der Waals surface area contributed by atoms with Gasteiger partial charge in [0.2, 0.25) is 11.9 Å². The smallest absolute Gasteiger partial charge is 0.222 e. The van der Waals surface area contributed by atoms with Gasteiger partial charge in [0.15, 0.2) is 0 Å². The zero-order chi connectivity index (χ0) is 17.3. The van der Waals surface area contributed by atoms with Gasteiger partial charge in [-0.3, -0.25) is 9.69 Å². The highest BCUT2D eigenvalue weighted by Gasteiger charge is 2.24. The molecule has 25 heavy (non-hydrogen) atoms. The summed E-state index contributed by atoms with van der Waals surface area (Å²) in [5.41, 5.74) is 0. The van der Waals surface area contributed by atoms with E-state index < -0.39 is 0 Å². The molecule has 0 radical (unpaired) electrons. The van der Waals surface area contributed by atoms with Gasteiger partial charge < -0.3 is 15.1 Å². The Balaban J connectivity index is 1.46. The molecular formula is C18H25N5O2. The lowest BCUT2D eigenvalue weighted by atomic mass is 10.1. The van der Waals surface area contributed by atoms with Gasteiger partial charge in [0.1, 0.15) is 5.76 Å². The van der Waals surface area contributed by atoms with Gasteiger partial charge in [-0.1, -0.05) is 6.42 Å². The van der Waals surface area contributed by atoms with Crippen LogP contribution in [0.4, 0.5) is 5.95 Å². The summed E-state index contributed by atoms with van der Waals surface area (Å²) in [7, 11) is 0. The Labute approximate surface area is 147 Å². The van der Waals surface area contributed by atoms with Crippen molar-refractivity contribution in [1.29, 1.82) is 0 Å². The molecule has 1 amide bonds. The standard InChI is InChI=1S/C18H25N5O2/c24-17(7-10-21-18-19-8-5-9-20-18)22-14-15(16-6-4-13-25-16)23-11-2-1-3-12-23/h4-6,8-9,13,15H,1-3,7,10-12,14H2,(H,22,24)(H,19,20,21)/t15-/m0/s1. The van der Waals surface area contributed by atoms with E-state index in [2.05, 4.69) is 25.5 Å². The average molecular weight is 343 g/mol. The number of nitrogens with one attached hydrogen (secondary N) is 2. The van der Waals surface area contributed by atoms with Gasteiger partial charge in [-0.05, 0) is 44.1 Å². The number of aromatic nitrogens is 2. The van der Waals surface area contributed by atoms with Gasteiger partial charge in [-0.25, -0.2) is 9.97 Å². The number of piperidine rings is 1. The molecule has 2 N–H and O–H groups in total.